The zero-order chi connectivity index (χ0) is 10.7. The molecule has 0 saturated heterocycles. The summed E-state index contributed by atoms with van der Waals surface area (Å²) >= 11 is 0. The highest BCUT2D eigenvalue weighted by Crippen LogP contribution is 2.18. The summed E-state index contributed by atoms with van der Waals surface area (Å²) in [6.45, 7) is 6.28. The van der Waals surface area contributed by atoms with Crippen molar-refractivity contribution in [2.24, 2.45) is 5.73 Å². The Morgan fingerprint density at radius 3 is 2.29 bits per heavy atom. The van der Waals surface area contributed by atoms with Gasteiger partial charge in [0.2, 0.25) is 0 Å². The third-order valence-electron chi connectivity index (χ3n) is 2.73. The molecule has 2 unspecified atom stereocenters. The SMILES string of the molecule is CNC(c1ccc(C)c(C)c1)C(C)N. The number of benzene rings is 1. The summed E-state index contributed by atoms with van der Waals surface area (Å²) in [6.07, 6.45) is 0. The summed E-state index contributed by atoms with van der Waals surface area (Å²) in [4.78, 5) is 0. The van der Waals surface area contributed by atoms with Crippen molar-refractivity contribution in [3.63, 3.8) is 0 Å². The van der Waals surface area contributed by atoms with Crippen molar-refractivity contribution in [3.8, 4) is 0 Å². The molecule has 0 amide bonds. The first-order valence-corrected chi connectivity index (χ1v) is 5.06. The first-order chi connectivity index (χ1) is 6.56. The summed E-state index contributed by atoms with van der Waals surface area (Å²) in [7, 11) is 1.95. The standard InChI is InChI=1S/C12H20N2/c1-8-5-6-11(7-9(8)2)12(14-4)10(3)13/h5-7,10,12,14H,13H2,1-4H3. The first kappa shape index (κ1) is 11.2. The highest BCUT2D eigenvalue weighted by molar-refractivity contribution is 5.32. The van der Waals surface area contributed by atoms with Gasteiger partial charge in [0.05, 0.1) is 0 Å². The highest BCUT2D eigenvalue weighted by atomic mass is 14.9. The molecule has 0 radical (unpaired) electrons. The van der Waals surface area contributed by atoms with Crippen molar-refractivity contribution in [2.75, 3.05) is 7.05 Å². The van der Waals surface area contributed by atoms with E-state index in [9.17, 15) is 0 Å². The van der Waals surface area contributed by atoms with Gasteiger partial charge in [0.1, 0.15) is 0 Å². The van der Waals surface area contributed by atoms with Crippen LogP contribution >= 0.6 is 0 Å². The number of nitrogens with one attached hydrogen (secondary N) is 1. The Bertz CT molecular complexity index is 305. The highest BCUT2D eigenvalue weighted by Gasteiger charge is 2.13. The lowest BCUT2D eigenvalue weighted by atomic mass is 9.97. The predicted octanol–water partition coefficient (Wildman–Crippen LogP) is 1.91. The third-order valence-corrected chi connectivity index (χ3v) is 2.73. The largest absolute Gasteiger partial charge is 0.326 e. The Hall–Kier alpha value is -0.860. The van der Waals surface area contributed by atoms with Crippen LogP contribution < -0.4 is 11.1 Å². The first-order valence-electron chi connectivity index (χ1n) is 5.06. The minimum absolute atomic E-state index is 0.127. The van der Waals surface area contributed by atoms with Crippen LogP contribution in [0.25, 0.3) is 0 Å². The van der Waals surface area contributed by atoms with Crippen LogP contribution in [-0.4, -0.2) is 13.1 Å². The lowest BCUT2D eigenvalue weighted by molar-refractivity contribution is 0.503. The summed E-state index contributed by atoms with van der Waals surface area (Å²) in [5, 5.41) is 3.24. The van der Waals surface area contributed by atoms with Crippen LogP contribution in [0.2, 0.25) is 0 Å². The van der Waals surface area contributed by atoms with Crippen molar-refractivity contribution in [3.05, 3.63) is 34.9 Å². The summed E-state index contributed by atoms with van der Waals surface area (Å²) < 4.78 is 0. The zero-order valence-electron chi connectivity index (χ0n) is 9.46. The Morgan fingerprint density at radius 1 is 1.21 bits per heavy atom. The molecule has 0 spiro atoms. The zero-order valence-corrected chi connectivity index (χ0v) is 9.46. The Morgan fingerprint density at radius 2 is 1.86 bits per heavy atom. The number of hydrogen-bond donors (Lipinski definition) is 2. The molecule has 14 heavy (non-hydrogen) atoms. The molecule has 1 rings (SSSR count). The van der Waals surface area contributed by atoms with Gasteiger partial charge in [-0.15, -0.1) is 0 Å². The molecule has 1 aromatic rings. The molecule has 2 atom stereocenters. The minimum atomic E-state index is 0.127. The van der Waals surface area contributed by atoms with E-state index in [1.54, 1.807) is 0 Å². The fraction of sp³-hybridized carbons (Fsp3) is 0.500. The number of hydrogen-bond acceptors (Lipinski definition) is 2. The van der Waals surface area contributed by atoms with Crippen molar-refractivity contribution < 1.29 is 0 Å². The van der Waals surface area contributed by atoms with Gasteiger partial charge in [-0.2, -0.15) is 0 Å². The van der Waals surface area contributed by atoms with E-state index in [2.05, 4.69) is 37.4 Å². The smallest absolute Gasteiger partial charge is 0.0468 e. The average molecular weight is 192 g/mol. The fourth-order valence-corrected chi connectivity index (χ4v) is 1.69. The number of nitrogens with two attached hydrogens (primary N) is 1. The second-order valence-corrected chi connectivity index (χ2v) is 3.97. The lowest BCUT2D eigenvalue weighted by Crippen LogP contribution is -2.33. The molecule has 2 nitrogen and oxygen atoms in total. The maximum absolute atomic E-state index is 5.90. The molecule has 0 heterocycles. The van der Waals surface area contributed by atoms with E-state index in [1.165, 1.54) is 16.7 Å². The van der Waals surface area contributed by atoms with Gasteiger partial charge in [-0.3, -0.25) is 0 Å². The molecular formula is C12H20N2. The molecule has 2 heteroatoms. The summed E-state index contributed by atoms with van der Waals surface area (Å²) in [5.74, 6) is 0. The van der Waals surface area contributed by atoms with Crippen LogP contribution in [0.1, 0.15) is 29.7 Å². The predicted molar refractivity (Wildman–Crippen MR) is 61.4 cm³/mol. The van der Waals surface area contributed by atoms with Gasteiger partial charge in [-0.25, -0.2) is 0 Å². The topological polar surface area (TPSA) is 38.0 Å². The molecule has 0 fully saturated rings. The van der Waals surface area contributed by atoms with E-state index in [4.69, 9.17) is 5.73 Å². The van der Waals surface area contributed by atoms with E-state index in [0.717, 1.165) is 0 Å². The van der Waals surface area contributed by atoms with Gasteiger partial charge in [-0.05, 0) is 44.5 Å². The number of rotatable bonds is 3. The molecule has 0 aliphatic carbocycles. The molecule has 0 aromatic heterocycles. The van der Waals surface area contributed by atoms with E-state index >= 15 is 0 Å². The van der Waals surface area contributed by atoms with E-state index in [0.29, 0.717) is 0 Å². The maximum atomic E-state index is 5.90. The molecule has 3 N–H and O–H groups in total. The van der Waals surface area contributed by atoms with Crippen molar-refractivity contribution >= 4 is 0 Å². The van der Waals surface area contributed by atoms with Crippen LogP contribution in [0.3, 0.4) is 0 Å². The average Bonchev–Trinajstić information content (AvgIpc) is 2.11. The van der Waals surface area contributed by atoms with Crippen molar-refractivity contribution in [1.29, 1.82) is 0 Å². The van der Waals surface area contributed by atoms with Gasteiger partial charge in [0.15, 0.2) is 0 Å². The Balaban J connectivity index is 3.00. The van der Waals surface area contributed by atoms with Crippen LogP contribution in [-0.2, 0) is 0 Å². The maximum Gasteiger partial charge on any atom is 0.0468 e. The van der Waals surface area contributed by atoms with Gasteiger partial charge < -0.3 is 11.1 Å². The second-order valence-electron chi connectivity index (χ2n) is 3.97. The normalized spacial score (nSPS) is 15.2. The molecule has 1 aromatic carbocycles. The van der Waals surface area contributed by atoms with E-state index in [1.807, 2.05) is 14.0 Å². The number of likely N-dealkylation sites (N-methyl/N-ethyl adjacent to an activating group) is 1. The monoisotopic (exact) mass is 192 g/mol. The molecular weight excluding hydrogens is 172 g/mol. The fourth-order valence-electron chi connectivity index (χ4n) is 1.69. The molecule has 0 bridgehead atoms. The summed E-state index contributed by atoms with van der Waals surface area (Å²) in [6, 6.07) is 6.88. The van der Waals surface area contributed by atoms with Crippen LogP contribution in [0, 0.1) is 13.8 Å². The third kappa shape index (κ3) is 2.34. The van der Waals surface area contributed by atoms with E-state index in [-0.39, 0.29) is 12.1 Å². The molecule has 0 aliphatic heterocycles. The molecule has 0 saturated carbocycles. The quantitative estimate of drug-likeness (QED) is 0.767. The van der Waals surface area contributed by atoms with Gasteiger partial charge in [0, 0.05) is 12.1 Å². The molecule has 78 valence electrons. The Kier molecular flexibility index (Phi) is 3.67. The van der Waals surface area contributed by atoms with Crippen LogP contribution in [0.5, 0.6) is 0 Å². The van der Waals surface area contributed by atoms with E-state index < -0.39 is 0 Å². The minimum Gasteiger partial charge on any atom is -0.326 e. The van der Waals surface area contributed by atoms with Crippen molar-refractivity contribution in [1.82, 2.24) is 5.32 Å². The summed E-state index contributed by atoms with van der Waals surface area (Å²) in [5.41, 5.74) is 9.82. The number of aryl methyl sites for hydroxylation is 2. The van der Waals surface area contributed by atoms with Gasteiger partial charge in [0.25, 0.3) is 0 Å². The van der Waals surface area contributed by atoms with Gasteiger partial charge >= 0.3 is 0 Å². The lowest BCUT2D eigenvalue weighted by Gasteiger charge is -2.21. The Labute approximate surface area is 86.5 Å². The second kappa shape index (κ2) is 4.58. The molecule has 0 aliphatic rings. The van der Waals surface area contributed by atoms with Gasteiger partial charge in [-0.1, -0.05) is 18.2 Å². The van der Waals surface area contributed by atoms with Crippen LogP contribution in [0.15, 0.2) is 18.2 Å². The van der Waals surface area contributed by atoms with Crippen LogP contribution in [0.4, 0.5) is 0 Å². The van der Waals surface area contributed by atoms with Crippen molar-refractivity contribution in [2.45, 2.75) is 32.9 Å².